The Labute approximate surface area is 278 Å². The van der Waals surface area contributed by atoms with Crippen molar-refractivity contribution in [1.29, 1.82) is 0 Å². The molecule has 1 aromatic heterocycles. The maximum absolute atomic E-state index is 13.4. The van der Waals surface area contributed by atoms with Gasteiger partial charge in [-0.1, -0.05) is 32.8 Å². The SMILES string of the molecule is CC(C)c1ccc2nc(C3C(=O)c4ccc(C(=O)OCC(O)COCCCCCSCCCCCC(=O)O)cc4C3=O)c(O)cc2c1. The number of fused-ring (bicyclic) bond motifs is 2. The van der Waals surface area contributed by atoms with E-state index in [9.17, 15) is 29.4 Å². The van der Waals surface area contributed by atoms with Crippen LogP contribution in [0.1, 0.15) is 113 Å². The molecule has 1 aliphatic rings. The molecule has 0 aliphatic heterocycles. The third-order valence-electron chi connectivity index (χ3n) is 8.07. The van der Waals surface area contributed by atoms with Crippen molar-refractivity contribution in [1.82, 2.24) is 4.98 Å². The molecule has 0 radical (unpaired) electrons. The van der Waals surface area contributed by atoms with Crippen molar-refractivity contribution >= 4 is 46.2 Å². The molecule has 0 saturated carbocycles. The molecule has 10 nitrogen and oxygen atoms in total. The summed E-state index contributed by atoms with van der Waals surface area (Å²) in [4.78, 5) is 54.3. The van der Waals surface area contributed by atoms with Gasteiger partial charge in [0.05, 0.1) is 17.7 Å². The maximum Gasteiger partial charge on any atom is 0.338 e. The molecule has 0 spiro atoms. The van der Waals surface area contributed by atoms with Crippen molar-refractivity contribution in [3.05, 3.63) is 70.4 Å². The summed E-state index contributed by atoms with van der Waals surface area (Å²) in [6.45, 7) is 4.32. The molecule has 3 N–H and O–H groups in total. The predicted octanol–water partition coefficient (Wildman–Crippen LogP) is 6.31. The van der Waals surface area contributed by atoms with E-state index in [2.05, 4.69) is 18.8 Å². The van der Waals surface area contributed by atoms with Gasteiger partial charge in [-0.2, -0.15) is 11.8 Å². The van der Waals surface area contributed by atoms with Crippen molar-refractivity contribution in [2.45, 2.75) is 76.7 Å². The van der Waals surface area contributed by atoms with E-state index in [4.69, 9.17) is 14.6 Å². The zero-order chi connectivity index (χ0) is 33.9. The van der Waals surface area contributed by atoms with E-state index >= 15 is 0 Å². The predicted molar refractivity (Wildman–Crippen MR) is 180 cm³/mol. The highest BCUT2D eigenvalue weighted by molar-refractivity contribution is 7.99. The number of carbonyl (C=O) groups excluding carboxylic acids is 3. The van der Waals surface area contributed by atoms with Crippen molar-refractivity contribution in [3.8, 4) is 5.75 Å². The Balaban J connectivity index is 1.19. The Hall–Kier alpha value is -3.80. The monoisotopic (exact) mass is 665 g/mol. The maximum atomic E-state index is 13.4. The number of carboxylic acid groups (broad SMARTS) is 1. The number of ketones is 2. The second kappa shape index (κ2) is 17.4. The first-order chi connectivity index (χ1) is 22.6. The van der Waals surface area contributed by atoms with Gasteiger partial charge in [-0.25, -0.2) is 9.78 Å². The molecule has 47 heavy (non-hydrogen) atoms. The molecule has 0 fully saturated rings. The molecular weight excluding hydrogens is 622 g/mol. The Bertz CT molecular complexity index is 1590. The number of hydrogen-bond donors (Lipinski definition) is 3. The van der Waals surface area contributed by atoms with E-state index in [1.807, 2.05) is 23.9 Å². The molecule has 1 aliphatic carbocycles. The lowest BCUT2D eigenvalue weighted by atomic mass is 9.96. The lowest BCUT2D eigenvalue weighted by Gasteiger charge is -2.12. The highest BCUT2D eigenvalue weighted by Gasteiger charge is 2.42. The van der Waals surface area contributed by atoms with Gasteiger partial charge >= 0.3 is 11.9 Å². The van der Waals surface area contributed by atoms with E-state index < -0.39 is 35.5 Å². The van der Waals surface area contributed by atoms with Gasteiger partial charge in [0.1, 0.15) is 30.1 Å². The summed E-state index contributed by atoms with van der Waals surface area (Å²) in [6, 6.07) is 11.3. The van der Waals surface area contributed by atoms with Crippen LogP contribution in [0.4, 0.5) is 0 Å². The van der Waals surface area contributed by atoms with Gasteiger partial charge in [-0.15, -0.1) is 0 Å². The van der Waals surface area contributed by atoms with Crippen LogP contribution in [0.5, 0.6) is 5.75 Å². The van der Waals surface area contributed by atoms with Crippen molar-refractivity contribution in [2.24, 2.45) is 0 Å². The molecule has 3 aromatic rings. The van der Waals surface area contributed by atoms with Crippen LogP contribution in [-0.2, 0) is 14.3 Å². The van der Waals surface area contributed by atoms with Gasteiger partial charge in [-0.3, -0.25) is 14.4 Å². The highest BCUT2D eigenvalue weighted by Crippen LogP contribution is 2.38. The largest absolute Gasteiger partial charge is 0.506 e. The number of aliphatic hydroxyl groups excluding tert-OH is 1. The number of thioether (sulfide) groups is 1. The van der Waals surface area contributed by atoms with Gasteiger partial charge in [0.25, 0.3) is 0 Å². The number of hydrogen-bond acceptors (Lipinski definition) is 10. The Morgan fingerprint density at radius 2 is 1.62 bits per heavy atom. The van der Waals surface area contributed by atoms with E-state index in [1.165, 1.54) is 24.3 Å². The number of pyridine rings is 1. The van der Waals surface area contributed by atoms with Crippen LogP contribution in [0.15, 0.2) is 42.5 Å². The fraction of sp³-hybridized carbons (Fsp3) is 0.472. The number of aromatic nitrogens is 1. The standard InChI is InChI=1S/C36H43NO9S/c1-22(2)23-11-13-29-25(17-23)19-30(39)33(37-29)32-34(42)27-12-10-24(18-28(27)35(32)43)36(44)46-21-26(38)20-45-14-6-4-8-16-47-15-7-3-5-9-31(40)41/h10-13,17-19,22,26,32,38-39H,3-9,14-16,20-21H2,1-2H3,(H,40,41). The molecule has 4 rings (SSSR count). The summed E-state index contributed by atoms with van der Waals surface area (Å²) < 4.78 is 10.7. The van der Waals surface area contributed by atoms with Crippen molar-refractivity contribution in [2.75, 3.05) is 31.3 Å². The van der Waals surface area contributed by atoms with E-state index in [-0.39, 0.29) is 53.7 Å². The molecule has 2 unspecified atom stereocenters. The fourth-order valence-corrected chi connectivity index (χ4v) is 6.43. The molecule has 1 heterocycles. The van der Waals surface area contributed by atoms with Gasteiger partial charge < -0.3 is 24.8 Å². The quantitative estimate of drug-likeness (QED) is 0.0748. The first-order valence-electron chi connectivity index (χ1n) is 16.1. The minimum Gasteiger partial charge on any atom is -0.506 e. The number of Topliss-reactive ketones (excluding diaryl/α,β-unsaturated/α-hetero) is 2. The summed E-state index contributed by atoms with van der Waals surface area (Å²) >= 11 is 1.87. The van der Waals surface area contributed by atoms with Crippen LogP contribution in [0.3, 0.4) is 0 Å². The second-order valence-corrected chi connectivity index (χ2v) is 13.4. The minimum absolute atomic E-state index is 0.0122. The number of benzene rings is 2. The fourth-order valence-electron chi connectivity index (χ4n) is 5.41. The van der Waals surface area contributed by atoms with Crippen molar-refractivity contribution < 1.29 is 44.0 Å². The summed E-state index contributed by atoms with van der Waals surface area (Å²) in [7, 11) is 0. The van der Waals surface area contributed by atoms with E-state index in [0.717, 1.165) is 55.6 Å². The van der Waals surface area contributed by atoms with Gasteiger partial charge in [0.15, 0.2) is 11.6 Å². The zero-order valence-electron chi connectivity index (χ0n) is 26.9. The lowest BCUT2D eigenvalue weighted by Crippen LogP contribution is -2.24. The van der Waals surface area contributed by atoms with Crippen LogP contribution in [-0.4, -0.2) is 81.2 Å². The molecule has 11 heteroatoms. The zero-order valence-corrected chi connectivity index (χ0v) is 27.7. The third-order valence-corrected chi connectivity index (χ3v) is 9.23. The highest BCUT2D eigenvalue weighted by atomic mass is 32.2. The number of carboxylic acids is 1. The number of aliphatic hydroxyl groups is 1. The normalized spacial score (nSPS) is 14.9. The molecular formula is C36H43NO9S. The summed E-state index contributed by atoms with van der Waals surface area (Å²) in [5, 5.41) is 30.3. The molecule has 0 amide bonds. The molecule has 252 valence electrons. The minimum atomic E-state index is -1.31. The molecule has 2 aromatic carbocycles. The van der Waals surface area contributed by atoms with E-state index in [1.54, 1.807) is 6.07 Å². The number of carbonyl (C=O) groups is 4. The summed E-state index contributed by atoms with van der Waals surface area (Å²) in [5.74, 6) is -1.74. The average Bonchev–Trinajstić information content (AvgIpc) is 3.29. The number of unbranched alkanes of at least 4 members (excludes halogenated alkanes) is 4. The second-order valence-electron chi connectivity index (χ2n) is 12.1. The van der Waals surface area contributed by atoms with Crippen LogP contribution in [0.25, 0.3) is 10.9 Å². The number of rotatable bonds is 19. The van der Waals surface area contributed by atoms with Crippen molar-refractivity contribution in [3.63, 3.8) is 0 Å². The van der Waals surface area contributed by atoms with Crippen LogP contribution in [0.2, 0.25) is 0 Å². The van der Waals surface area contributed by atoms with Crippen LogP contribution < -0.4 is 0 Å². The summed E-state index contributed by atoms with van der Waals surface area (Å²) in [6.07, 6.45) is 4.81. The number of aromatic hydroxyl groups is 1. The third kappa shape index (κ3) is 9.85. The van der Waals surface area contributed by atoms with Crippen LogP contribution >= 0.6 is 11.8 Å². The Kier molecular flexibility index (Phi) is 13.3. The molecule has 0 saturated heterocycles. The number of esters is 1. The van der Waals surface area contributed by atoms with Crippen LogP contribution in [0, 0.1) is 0 Å². The smallest absolute Gasteiger partial charge is 0.338 e. The topological polar surface area (TPSA) is 160 Å². The molecule has 2 atom stereocenters. The van der Waals surface area contributed by atoms with Gasteiger partial charge in [0.2, 0.25) is 0 Å². The lowest BCUT2D eigenvalue weighted by molar-refractivity contribution is -0.137. The first-order valence-corrected chi connectivity index (χ1v) is 17.3. The number of aliphatic carboxylic acids is 1. The average molecular weight is 666 g/mol. The Morgan fingerprint density at radius 1 is 0.894 bits per heavy atom. The van der Waals surface area contributed by atoms with Gasteiger partial charge in [0, 0.05) is 29.5 Å². The first kappa shape index (κ1) is 36.0. The van der Waals surface area contributed by atoms with E-state index in [0.29, 0.717) is 17.5 Å². The molecule has 0 bridgehead atoms. The van der Waals surface area contributed by atoms with Gasteiger partial charge in [-0.05, 0) is 85.1 Å². The Morgan fingerprint density at radius 3 is 2.34 bits per heavy atom. The summed E-state index contributed by atoms with van der Waals surface area (Å²) in [5.41, 5.74) is 1.88. The number of ether oxygens (including phenoxy) is 2. The number of nitrogens with zero attached hydrogens (tertiary/aromatic N) is 1.